The SMILES string of the molecule is O=S(=O)(Cc1ccccc1)Nc1cccc(NS(=O)(=O)c2cccc3nonc23)c1. The van der Waals surface area contributed by atoms with E-state index in [1.165, 1.54) is 36.4 Å². The molecule has 3 aromatic carbocycles. The van der Waals surface area contributed by atoms with Gasteiger partial charge in [-0.15, -0.1) is 0 Å². The highest BCUT2D eigenvalue weighted by Gasteiger charge is 2.21. The van der Waals surface area contributed by atoms with Crippen LogP contribution in [0.4, 0.5) is 11.4 Å². The van der Waals surface area contributed by atoms with Gasteiger partial charge in [-0.25, -0.2) is 21.5 Å². The summed E-state index contributed by atoms with van der Waals surface area (Å²) in [6, 6.07) is 19.2. The number of fused-ring (bicyclic) bond motifs is 1. The van der Waals surface area contributed by atoms with Gasteiger partial charge in [0.1, 0.15) is 10.4 Å². The Labute approximate surface area is 172 Å². The maximum atomic E-state index is 12.8. The van der Waals surface area contributed by atoms with Crippen molar-refractivity contribution in [2.45, 2.75) is 10.6 Å². The quantitative estimate of drug-likeness (QED) is 0.448. The van der Waals surface area contributed by atoms with Crippen molar-refractivity contribution in [3.63, 3.8) is 0 Å². The third kappa shape index (κ3) is 4.42. The third-order valence-corrected chi connectivity index (χ3v) is 6.80. The smallest absolute Gasteiger partial charge is 0.264 e. The molecule has 9 nitrogen and oxygen atoms in total. The van der Waals surface area contributed by atoms with Gasteiger partial charge in [0, 0.05) is 0 Å². The molecule has 0 amide bonds. The Morgan fingerprint density at radius 2 is 1.47 bits per heavy atom. The van der Waals surface area contributed by atoms with E-state index in [1.54, 1.807) is 36.4 Å². The van der Waals surface area contributed by atoms with Crippen LogP contribution in [0.25, 0.3) is 11.0 Å². The summed E-state index contributed by atoms with van der Waals surface area (Å²) in [5.74, 6) is -0.203. The lowest BCUT2D eigenvalue weighted by molar-refractivity contribution is 0.315. The maximum absolute atomic E-state index is 12.8. The average molecular weight is 444 g/mol. The van der Waals surface area contributed by atoms with Crippen LogP contribution in [0.5, 0.6) is 0 Å². The predicted molar refractivity (Wildman–Crippen MR) is 112 cm³/mol. The molecule has 1 heterocycles. The zero-order valence-electron chi connectivity index (χ0n) is 15.4. The maximum Gasteiger partial charge on any atom is 0.264 e. The highest BCUT2D eigenvalue weighted by atomic mass is 32.2. The van der Waals surface area contributed by atoms with Gasteiger partial charge < -0.3 is 0 Å². The van der Waals surface area contributed by atoms with Crippen LogP contribution in [0.2, 0.25) is 0 Å². The number of sulfonamides is 2. The van der Waals surface area contributed by atoms with E-state index < -0.39 is 20.0 Å². The topological polar surface area (TPSA) is 131 Å². The van der Waals surface area contributed by atoms with E-state index in [2.05, 4.69) is 24.4 Å². The molecular formula is C19H16N4O5S2. The molecule has 154 valence electrons. The Balaban J connectivity index is 1.55. The first-order chi connectivity index (χ1) is 14.3. The number of aromatic nitrogens is 2. The lowest BCUT2D eigenvalue weighted by Gasteiger charge is -2.11. The summed E-state index contributed by atoms with van der Waals surface area (Å²) in [6.45, 7) is 0. The summed E-state index contributed by atoms with van der Waals surface area (Å²) in [5, 5.41) is 7.27. The monoisotopic (exact) mass is 444 g/mol. The van der Waals surface area contributed by atoms with Crippen LogP contribution >= 0.6 is 0 Å². The summed E-state index contributed by atoms with van der Waals surface area (Å²) in [7, 11) is -7.69. The zero-order chi connectivity index (χ0) is 21.2. The van der Waals surface area contributed by atoms with Gasteiger partial charge in [0.15, 0.2) is 5.52 Å². The van der Waals surface area contributed by atoms with Gasteiger partial charge in [-0.05, 0) is 46.2 Å². The second-order valence-electron chi connectivity index (χ2n) is 6.42. The summed E-state index contributed by atoms with van der Waals surface area (Å²) >= 11 is 0. The van der Waals surface area contributed by atoms with Crippen molar-refractivity contribution in [3.05, 3.63) is 78.4 Å². The Kier molecular flexibility index (Phi) is 5.14. The van der Waals surface area contributed by atoms with Crippen molar-refractivity contribution in [2.24, 2.45) is 0 Å². The molecule has 4 aromatic rings. The van der Waals surface area contributed by atoms with Gasteiger partial charge in [-0.1, -0.05) is 42.5 Å². The molecule has 0 saturated heterocycles. The largest absolute Gasteiger partial charge is 0.283 e. The highest BCUT2D eigenvalue weighted by molar-refractivity contribution is 7.93. The molecule has 0 aliphatic carbocycles. The molecule has 0 saturated carbocycles. The highest BCUT2D eigenvalue weighted by Crippen LogP contribution is 2.24. The summed E-state index contributed by atoms with van der Waals surface area (Å²) < 4.78 is 59.9. The Bertz CT molecular complexity index is 1400. The summed E-state index contributed by atoms with van der Waals surface area (Å²) in [5.41, 5.74) is 1.46. The molecule has 0 radical (unpaired) electrons. The van der Waals surface area contributed by atoms with Gasteiger partial charge in [-0.2, -0.15) is 0 Å². The summed E-state index contributed by atoms with van der Waals surface area (Å²) in [6.07, 6.45) is 0. The lowest BCUT2D eigenvalue weighted by Crippen LogP contribution is -2.16. The van der Waals surface area contributed by atoms with Crippen LogP contribution in [0.1, 0.15) is 5.56 Å². The molecule has 0 bridgehead atoms. The molecule has 0 aliphatic rings. The number of anilines is 2. The number of hydrogen-bond donors (Lipinski definition) is 2. The standard InChI is InChI=1S/C19H16N4O5S2/c24-29(25,13-14-6-2-1-3-7-14)22-15-8-4-9-16(12-15)23-30(26,27)18-11-5-10-17-19(18)21-28-20-17/h1-12,22-23H,13H2. The molecule has 4 rings (SSSR count). The molecule has 0 unspecified atom stereocenters. The van der Waals surface area contributed by atoms with Gasteiger partial charge in [0.25, 0.3) is 10.0 Å². The van der Waals surface area contributed by atoms with Crippen molar-refractivity contribution in [1.29, 1.82) is 0 Å². The van der Waals surface area contributed by atoms with E-state index in [0.717, 1.165) is 0 Å². The number of benzene rings is 3. The van der Waals surface area contributed by atoms with Crippen LogP contribution in [-0.2, 0) is 25.8 Å². The molecule has 0 atom stereocenters. The van der Waals surface area contributed by atoms with Crippen LogP contribution < -0.4 is 9.44 Å². The second-order valence-corrected chi connectivity index (χ2v) is 9.79. The minimum atomic E-state index is -4.01. The minimum absolute atomic E-state index is 0.101. The van der Waals surface area contributed by atoms with E-state index in [-0.39, 0.29) is 27.5 Å². The van der Waals surface area contributed by atoms with Crippen molar-refractivity contribution < 1.29 is 21.5 Å². The molecule has 0 fully saturated rings. The van der Waals surface area contributed by atoms with Crippen molar-refractivity contribution in [1.82, 2.24) is 10.3 Å². The number of nitrogens with zero attached hydrogens (tertiary/aromatic N) is 2. The third-order valence-electron chi connectivity index (χ3n) is 4.13. The molecular weight excluding hydrogens is 428 g/mol. The predicted octanol–water partition coefficient (Wildman–Crippen LogP) is 2.97. The van der Waals surface area contributed by atoms with Crippen LogP contribution in [0, 0.1) is 0 Å². The minimum Gasteiger partial charge on any atom is -0.283 e. The number of hydrogen-bond acceptors (Lipinski definition) is 7. The van der Waals surface area contributed by atoms with Gasteiger partial charge in [-0.3, -0.25) is 9.44 Å². The van der Waals surface area contributed by atoms with Crippen molar-refractivity contribution in [2.75, 3.05) is 9.44 Å². The zero-order valence-corrected chi connectivity index (χ0v) is 17.0. The van der Waals surface area contributed by atoms with E-state index >= 15 is 0 Å². The van der Waals surface area contributed by atoms with Crippen molar-refractivity contribution in [3.8, 4) is 0 Å². The fourth-order valence-corrected chi connectivity index (χ4v) is 5.25. The number of nitrogens with one attached hydrogen (secondary N) is 2. The fraction of sp³-hybridized carbons (Fsp3) is 0.0526. The Morgan fingerprint density at radius 1 is 0.767 bits per heavy atom. The van der Waals surface area contributed by atoms with Crippen LogP contribution in [0.15, 0.2) is 82.3 Å². The molecule has 0 spiro atoms. The normalized spacial score (nSPS) is 12.0. The van der Waals surface area contributed by atoms with E-state index in [1.807, 2.05) is 0 Å². The summed E-state index contributed by atoms with van der Waals surface area (Å²) in [4.78, 5) is -0.101. The van der Waals surface area contributed by atoms with E-state index in [9.17, 15) is 16.8 Å². The van der Waals surface area contributed by atoms with Crippen LogP contribution in [-0.4, -0.2) is 27.1 Å². The first-order valence-electron chi connectivity index (χ1n) is 8.71. The molecule has 30 heavy (non-hydrogen) atoms. The molecule has 11 heteroatoms. The van der Waals surface area contributed by atoms with E-state index in [4.69, 9.17) is 0 Å². The lowest BCUT2D eigenvalue weighted by atomic mass is 10.2. The van der Waals surface area contributed by atoms with Gasteiger partial charge in [0.2, 0.25) is 10.0 Å². The first kappa shape index (κ1) is 19.9. The molecule has 0 aliphatic heterocycles. The Morgan fingerprint density at radius 3 is 2.23 bits per heavy atom. The first-order valence-corrected chi connectivity index (χ1v) is 11.8. The van der Waals surface area contributed by atoms with E-state index in [0.29, 0.717) is 11.1 Å². The second kappa shape index (κ2) is 7.76. The number of rotatable bonds is 7. The average Bonchev–Trinajstić information content (AvgIpc) is 3.16. The van der Waals surface area contributed by atoms with Crippen LogP contribution in [0.3, 0.4) is 0 Å². The molecule has 1 aromatic heterocycles. The van der Waals surface area contributed by atoms with Gasteiger partial charge >= 0.3 is 0 Å². The fourth-order valence-electron chi connectivity index (χ4n) is 2.86. The Hall–Kier alpha value is -3.44. The van der Waals surface area contributed by atoms with Crippen molar-refractivity contribution >= 4 is 42.5 Å². The van der Waals surface area contributed by atoms with Gasteiger partial charge in [0.05, 0.1) is 17.1 Å². The molecule has 2 N–H and O–H groups in total.